The van der Waals surface area contributed by atoms with Crippen molar-refractivity contribution in [3.63, 3.8) is 0 Å². The highest BCUT2D eigenvalue weighted by molar-refractivity contribution is 5.89. The zero-order chi connectivity index (χ0) is 18.0. The number of carbonyl (C=O) groups excluding carboxylic acids is 1. The number of carbonyl (C=O) groups is 1. The number of piperidine rings is 1. The van der Waals surface area contributed by atoms with Crippen molar-refractivity contribution < 1.29 is 23.1 Å². The second kappa shape index (κ2) is 7.21. The summed E-state index contributed by atoms with van der Waals surface area (Å²) in [5.41, 5.74) is -0.438. The fourth-order valence-electron chi connectivity index (χ4n) is 3.10. The van der Waals surface area contributed by atoms with Crippen molar-refractivity contribution in [2.45, 2.75) is 44.1 Å². The quantitative estimate of drug-likeness (QED) is 0.776. The van der Waals surface area contributed by atoms with E-state index in [2.05, 4.69) is 10.6 Å². The number of hydrogen-bond donors (Lipinski definition) is 3. The van der Waals surface area contributed by atoms with Crippen LogP contribution in [0.5, 0.6) is 0 Å². The van der Waals surface area contributed by atoms with Crippen LogP contribution in [0.25, 0.3) is 0 Å². The molecule has 8 heteroatoms. The van der Waals surface area contributed by atoms with Crippen molar-refractivity contribution in [3.8, 4) is 0 Å². The Bertz CT molecular complexity index is 594. The van der Waals surface area contributed by atoms with Gasteiger partial charge in [0.05, 0.1) is 5.56 Å². The molecular weight excluding hydrogens is 335 g/mol. The Labute approximate surface area is 144 Å². The Balaban J connectivity index is 1.43. The number of anilines is 1. The van der Waals surface area contributed by atoms with E-state index >= 15 is 0 Å². The lowest BCUT2D eigenvalue weighted by molar-refractivity contribution is -0.137. The van der Waals surface area contributed by atoms with E-state index in [1.54, 1.807) is 0 Å². The maximum Gasteiger partial charge on any atom is 0.416 e. The summed E-state index contributed by atoms with van der Waals surface area (Å²) in [6.45, 7) is 1.45. The number of nitrogens with zero attached hydrogens (tertiary/aromatic N) is 1. The SMILES string of the molecule is O=C(Nc1ccc(C(F)(F)F)cc1)NC1CCN([C@H](O)C2CC2)CC1. The van der Waals surface area contributed by atoms with Crippen molar-refractivity contribution in [1.29, 1.82) is 0 Å². The highest BCUT2D eigenvalue weighted by atomic mass is 19.4. The molecule has 2 fully saturated rings. The van der Waals surface area contributed by atoms with Crippen LogP contribution in [-0.2, 0) is 6.18 Å². The molecule has 1 saturated heterocycles. The van der Waals surface area contributed by atoms with E-state index < -0.39 is 17.8 Å². The second-order valence-corrected chi connectivity index (χ2v) is 6.73. The van der Waals surface area contributed by atoms with Crippen LogP contribution in [0.4, 0.5) is 23.7 Å². The minimum Gasteiger partial charge on any atom is -0.378 e. The normalized spacial score (nSPS) is 21.0. The number of alkyl halides is 3. The van der Waals surface area contributed by atoms with E-state index in [0.717, 1.165) is 50.9 Å². The summed E-state index contributed by atoms with van der Waals surface area (Å²) in [4.78, 5) is 14.0. The first kappa shape index (κ1) is 18.0. The zero-order valence-corrected chi connectivity index (χ0v) is 13.7. The standard InChI is InChI=1S/C17H22F3N3O2/c18-17(19,20)12-3-5-13(6-4-12)21-16(25)22-14-7-9-23(10-8-14)15(24)11-1-2-11/h3-6,11,14-15,24H,1-2,7-10H2,(H2,21,22,25)/t15-/m1/s1. The molecule has 3 N–H and O–H groups in total. The third-order valence-corrected chi connectivity index (χ3v) is 4.75. The van der Waals surface area contributed by atoms with Crippen molar-refractivity contribution in [3.05, 3.63) is 29.8 Å². The van der Waals surface area contributed by atoms with Crippen LogP contribution < -0.4 is 10.6 Å². The molecule has 5 nitrogen and oxygen atoms in total. The highest BCUT2D eigenvalue weighted by Crippen LogP contribution is 2.35. The van der Waals surface area contributed by atoms with Crippen LogP contribution in [-0.4, -0.2) is 41.4 Å². The summed E-state index contributed by atoms with van der Waals surface area (Å²) < 4.78 is 37.5. The monoisotopic (exact) mass is 357 g/mol. The van der Waals surface area contributed by atoms with Gasteiger partial charge in [-0.2, -0.15) is 13.2 Å². The number of aliphatic hydroxyl groups excluding tert-OH is 1. The number of amides is 2. The number of rotatable bonds is 4. The molecule has 138 valence electrons. The fourth-order valence-corrected chi connectivity index (χ4v) is 3.10. The average molecular weight is 357 g/mol. The molecule has 2 amide bonds. The first-order chi connectivity index (χ1) is 11.8. The Morgan fingerprint density at radius 2 is 1.72 bits per heavy atom. The van der Waals surface area contributed by atoms with Gasteiger partial charge in [0.1, 0.15) is 6.23 Å². The number of halogens is 3. The molecular formula is C17H22F3N3O2. The highest BCUT2D eigenvalue weighted by Gasteiger charge is 2.35. The van der Waals surface area contributed by atoms with Crippen molar-refractivity contribution in [2.75, 3.05) is 18.4 Å². The molecule has 2 aliphatic rings. The minimum absolute atomic E-state index is 0.00268. The Morgan fingerprint density at radius 1 is 1.12 bits per heavy atom. The van der Waals surface area contributed by atoms with Gasteiger partial charge in [0.15, 0.2) is 0 Å². The van der Waals surface area contributed by atoms with E-state index in [1.807, 2.05) is 4.90 Å². The molecule has 1 aliphatic carbocycles. The van der Waals surface area contributed by atoms with Crippen LogP contribution in [0, 0.1) is 5.92 Å². The summed E-state index contributed by atoms with van der Waals surface area (Å²) in [6.07, 6.45) is -1.13. The molecule has 0 spiro atoms. The van der Waals surface area contributed by atoms with Gasteiger partial charge in [0, 0.05) is 24.8 Å². The zero-order valence-electron chi connectivity index (χ0n) is 13.7. The summed E-state index contributed by atoms with van der Waals surface area (Å²) in [6, 6.07) is 3.91. The van der Waals surface area contributed by atoms with Gasteiger partial charge >= 0.3 is 12.2 Å². The van der Waals surface area contributed by atoms with Gasteiger partial charge in [0.25, 0.3) is 0 Å². The molecule has 1 atom stereocenters. The molecule has 0 aromatic heterocycles. The van der Waals surface area contributed by atoms with Crippen molar-refractivity contribution in [2.24, 2.45) is 5.92 Å². The maximum atomic E-state index is 12.5. The summed E-state index contributed by atoms with van der Waals surface area (Å²) in [5.74, 6) is 0.396. The van der Waals surface area contributed by atoms with Gasteiger partial charge in [-0.1, -0.05) is 0 Å². The molecule has 1 heterocycles. The molecule has 1 saturated carbocycles. The number of nitrogens with one attached hydrogen (secondary N) is 2. The average Bonchev–Trinajstić information content (AvgIpc) is 3.39. The van der Waals surface area contributed by atoms with Gasteiger partial charge < -0.3 is 15.7 Å². The van der Waals surface area contributed by atoms with Gasteiger partial charge in [-0.05, 0) is 55.9 Å². The van der Waals surface area contributed by atoms with Crippen LogP contribution in [0.15, 0.2) is 24.3 Å². The molecule has 0 radical (unpaired) electrons. The Kier molecular flexibility index (Phi) is 5.19. The van der Waals surface area contributed by atoms with E-state index in [9.17, 15) is 23.1 Å². The molecule has 1 aromatic rings. The van der Waals surface area contributed by atoms with E-state index in [1.165, 1.54) is 12.1 Å². The summed E-state index contributed by atoms with van der Waals surface area (Å²) in [5, 5.41) is 15.5. The second-order valence-electron chi connectivity index (χ2n) is 6.73. The largest absolute Gasteiger partial charge is 0.416 e. The smallest absolute Gasteiger partial charge is 0.378 e. The van der Waals surface area contributed by atoms with Gasteiger partial charge in [-0.3, -0.25) is 4.90 Å². The topological polar surface area (TPSA) is 64.6 Å². The van der Waals surface area contributed by atoms with Gasteiger partial charge in [0.2, 0.25) is 0 Å². The maximum absolute atomic E-state index is 12.5. The van der Waals surface area contributed by atoms with Crippen LogP contribution in [0.2, 0.25) is 0 Å². The lowest BCUT2D eigenvalue weighted by Gasteiger charge is -2.35. The van der Waals surface area contributed by atoms with Crippen molar-refractivity contribution >= 4 is 11.7 Å². The summed E-state index contributed by atoms with van der Waals surface area (Å²) in [7, 11) is 0. The van der Waals surface area contributed by atoms with Gasteiger partial charge in [-0.15, -0.1) is 0 Å². The molecule has 3 rings (SSSR count). The first-order valence-electron chi connectivity index (χ1n) is 8.50. The molecule has 25 heavy (non-hydrogen) atoms. The number of urea groups is 1. The lowest BCUT2D eigenvalue weighted by atomic mass is 10.0. The number of likely N-dealkylation sites (tertiary alicyclic amines) is 1. The molecule has 0 bridgehead atoms. The van der Waals surface area contributed by atoms with E-state index in [-0.39, 0.29) is 12.3 Å². The van der Waals surface area contributed by atoms with Crippen LogP contribution in [0.3, 0.4) is 0 Å². The van der Waals surface area contributed by atoms with E-state index in [0.29, 0.717) is 11.6 Å². The lowest BCUT2D eigenvalue weighted by Crippen LogP contribution is -2.49. The van der Waals surface area contributed by atoms with Crippen molar-refractivity contribution in [1.82, 2.24) is 10.2 Å². The predicted octanol–water partition coefficient (Wildman–Crippen LogP) is 3.02. The molecule has 1 aromatic carbocycles. The summed E-state index contributed by atoms with van der Waals surface area (Å²) >= 11 is 0. The predicted molar refractivity (Wildman–Crippen MR) is 86.9 cm³/mol. The number of benzene rings is 1. The third kappa shape index (κ3) is 4.85. The minimum atomic E-state index is -4.39. The number of aliphatic hydroxyl groups is 1. The fraction of sp³-hybridized carbons (Fsp3) is 0.588. The Morgan fingerprint density at radius 3 is 2.24 bits per heavy atom. The molecule has 1 aliphatic heterocycles. The van der Waals surface area contributed by atoms with E-state index in [4.69, 9.17) is 0 Å². The number of hydrogen-bond acceptors (Lipinski definition) is 3. The van der Waals surface area contributed by atoms with Gasteiger partial charge in [-0.25, -0.2) is 4.79 Å². The molecule has 0 unspecified atom stereocenters. The van der Waals surface area contributed by atoms with Crippen LogP contribution >= 0.6 is 0 Å². The first-order valence-corrected chi connectivity index (χ1v) is 8.50. The Hall–Kier alpha value is -1.80. The third-order valence-electron chi connectivity index (χ3n) is 4.75. The van der Waals surface area contributed by atoms with Crippen LogP contribution in [0.1, 0.15) is 31.2 Å².